The van der Waals surface area contributed by atoms with Crippen molar-refractivity contribution in [3.05, 3.63) is 0 Å². The fourth-order valence-corrected chi connectivity index (χ4v) is 2.27. The first-order valence-electron chi connectivity index (χ1n) is 6.32. The van der Waals surface area contributed by atoms with Gasteiger partial charge < -0.3 is 10.2 Å². The van der Waals surface area contributed by atoms with Gasteiger partial charge in [0.25, 0.3) is 0 Å². The molecule has 1 aliphatic heterocycles. The summed E-state index contributed by atoms with van der Waals surface area (Å²) in [6.45, 7) is 7.02. The van der Waals surface area contributed by atoms with Crippen molar-refractivity contribution in [2.75, 3.05) is 25.9 Å². The molecule has 1 aliphatic rings. The molecular formula is C12H24N2O3S. The third-order valence-corrected chi connectivity index (χ3v) is 5.91. The van der Waals surface area contributed by atoms with Crippen molar-refractivity contribution in [2.24, 2.45) is 0 Å². The van der Waals surface area contributed by atoms with E-state index in [-0.39, 0.29) is 5.91 Å². The number of nitrogens with zero attached hydrogens (tertiary/aromatic N) is 1. The van der Waals surface area contributed by atoms with Gasteiger partial charge >= 0.3 is 0 Å². The first-order valence-corrected chi connectivity index (χ1v) is 8.21. The summed E-state index contributed by atoms with van der Waals surface area (Å²) in [4.78, 5) is 13.0. The third-order valence-electron chi connectivity index (χ3n) is 3.76. The molecule has 6 heteroatoms. The summed E-state index contributed by atoms with van der Waals surface area (Å²) in [5.41, 5.74) is 0. The van der Waals surface area contributed by atoms with Crippen LogP contribution in [0.4, 0.5) is 0 Å². The Morgan fingerprint density at radius 2 is 1.83 bits per heavy atom. The molecule has 1 amide bonds. The summed E-state index contributed by atoms with van der Waals surface area (Å²) in [7, 11) is -3.05. The van der Waals surface area contributed by atoms with E-state index >= 15 is 0 Å². The molecule has 1 saturated heterocycles. The van der Waals surface area contributed by atoms with Crippen molar-refractivity contribution < 1.29 is 13.2 Å². The molecule has 1 fully saturated rings. The number of amides is 1. The maximum Gasteiger partial charge on any atom is 0.219 e. The number of nitrogens with one attached hydrogen (secondary N) is 1. The van der Waals surface area contributed by atoms with Crippen LogP contribution in [0.1, 0.15) is 33.6 Å². The lowest BCUT2D eigenvalue weighted by Gasteiger charge is -2.33. The Balaban J connectivity index is 2.41. The second kappa shape index (κ2) is 5.57. The van der Waals surface area contributed by atoms with Crippen LogP contribution >= 0.6 is 0 Å². The minimum atomic E-state index is -3.05. The van der Waals surface area contributed by atoms with Crippen LogP contribution in [0.15, 0.2) is 0 Å². The average molecular weight is 276 g/mol. The summed E-state index contributed by atoms with van der Waals surface area (Å²) < 4.78 is 22.4. The minimum absolute atomic E-state index is 0.116. The normalized spacial score (nSPS) is 19.0. The Kier molecular flexibility index (Phi) is 4.78. The van der Waals surface area contributed by atoms with E-state index in [4.69, 9.17) is 0 Å². The highest BCUT2D eigenvalue weighted by molar-refractivity contribution is 7.92. The molecule has 0 radical (unpaired) electrons. The summed E-state index contributed by atoms with van der Waals surface area (Å²) in [6.07, 6.45) is 3.05. The van der Waals surface area contributed by atoms with Gasteiger partial charge in [-0.25, -0.2) is 8.42 Å². The molecule has 106 valence electrons. The molecular weight excluding hydrogens is 252 g/mol. The van der Waals surface area contributed by atoms with E-state index in [2.05, 4.69) is 5.32 Å². The maximum atomic E-state index is 11.6. The monoisotopic (exact) mass is 276 g/mol. The van der Waals surface area contributed by atoms with E-state index < -0.39 is 14.6 Å². The SMILES string of the molecule is CC(=O)N1CCC(NCC(C)(C)S(C)(=O)=O)CC1. The van der Waals surface area contributed by atoms with Crippen LogP contribution in [0.5, 0.6) is 0 Å². The van der Waals surface area contributed by atoms with E-state index in [1.807, 2.05) is 4.90 Å². The molecule has 1 N–H and O–H groups in total. The van der Waals surface area contributed by atoms with Crippen LogP contribution in [-0.2, 0) is 14.6 Å². The standard InChI is InChI=1S/C12H24N2O3S/c1-10(15)14-7-5-11(6-8-14)13-9-12(2,3)18(4,16)17/h11,13H,5-9H2,1-4H3. The van der Waals surface area contributed by atoms with E-state index in [1.165, 1.54) is 6.26 Å². The summed E-state index contributed by atoms with van der Waals surface area (Å²) in [6, 6.07) is 0.307. The fraction of sp³-hybridized carbons (Fsp3) is 0.917. The highest BCUT2D eigenvalue weighted by Crippen LogP contribution is 2.16. The first-order chi connectivity index (χ1) is 8.13. The van der Waals surface area contributed by atoms with Gasteiger partial charge in [-0.05, 0) is 26.7 Å². The zero-order valence-corrected chi connectivity index (χ0v) is 12.5. The largest absolute Gasteiger partial charge is 0.343 e. The topological polar surface area (TPSA) is 66.5 Å². The van der Waals surface area contributed by atoms with E-state index in [9.17, 15) is 13.2 Å². The molecule has 1 rings (SSSR count). The number of likely N-dealkylation sites (tertiary alicyclic amines) is 1. The number of hydrogen-bond acceptors (Lipinski definition) is 4. The molecule has 0 aromatic heterocycles. The van der Waals surface area contributed by atoms with Crippen LogP contribution < -0.4 is 5.32 Å². The molecule has 0 aliphatic carbocycles. The second-order valence-corrected chi connectivity index (χ2v) is 8.34. The number of rotatable bonds is 4. The molecule has 0 aromatic rings. The van der Waals surface area contributed by atoms with Crippen molar-refractivity contribution in [1.82, 2.24) is 10.2 Å². The number of piperidine rings is 1. The van der Waals surface area contributed by atoms with E-state index in [0.717, 1.165) is 25.9 Å². The summed E-state index contributed by atoms with van der Waals surface area (Å²) >= 11 is 0. The van der Waals surface area contributed by atoms with Crippen molar-refractivity contribution in [3.63, 3.8) is 0 Å². The lowest BCUT2D eigenvalue weighted by Crippen LogP contribution is -2.49. The Morgan fingerprint density at radius 1 is 1.33 bits per heavy atom. The molecule has 0 spiro atoms. The minimum Gasteiger partial charge on any atom is -0.343 e. The van der Waals surface area contributed by atoms with E-state index in [1.54, 1.807) is 20.8 Å². The zero-order valence-electron chi connectivity index (χ0n) is 11.7. The van der Waals surface area contributed by atoms with Gasteiger partial charge in [0.15, 0.2) is 9.84 Å². The number of sulfone groups is 1. The van der Waals surface area contributed by atoms with Crippen LogP contribution in [0, 0.1) is 0 Å². The number of carbonyl (C=O) groups is 1. The van der Waals surface area contributed by atoms with Crippen LogP contribution in [0.25, 0.3) is 0 Å². The van der Waals surface area contributed by atoms with Gasteiger partial charge in [0.1, 0.15) is 0 Å². The smallest absolute Gasteiger partial charge is 0.219 e. The summed E-state index contributed by atoms with van der Waals surface area (Å²) in [5, 5.41) is 3.31. The van der Waals surface area contributed by atoms with Crippen molar-refractivity contribution in [3.8, 4) is 0 Å². The molecule has 0 atom stereocenters. The van der Waals surface area contributed by atoms with Crippen LogP contribution in [-0.4, -0.2) is 55.9 Å². The molecule has 0 unspecified atom stereocenters. The van der Waals surface area contributed by atoms with Crippen molar-refractivity contribution in [1.29, 1.82) is 0 Å². The Morgan fingerprint density at radius 3 is 2.22 bits per heavy atom. The molecule has 18 heavy (non-hydrogen) atoms. The Hall–Kier alpha value is -0.620. The third kappa shape index (κ3) is 3.95. The summed E-state index contributed by atoms with van der Waals surface area (Å²) in [5.74, 6) is 0.116. The predicted molar refractivity (Wildman–Crippen MR) is 72.2 cm³/mol. The Bertz CT molecular complexity index is 396. The highest BCUT2D eigenvalue weighted by atomic mass is 32.2. The van der Waals surface area contributed by atoms with E-state index in [0.29, 0.717) is 12.6 Å². The molecule has 0 bridgehead atoms. The van der Waals surface area contributed by atoms with Gasteiger partial charge in [-0.1, -0.05) is 0 Å². The van der Waals surface area contributed by atoms with Crippen molar-refractivity contribution >= 4 is 15.7 Å². The quantitative estimate of drug-likeness (QED) is 0.807. The van der Waals surface area contributed by atoms with Gasteiger partial charge in [-0.2, -0.15) is 0 Å². The average Bonchev–Trinajstić information content (AvgIpc) is 2.25. The van der Waals surface area contributed by atoms with Gasteiger partial charge in [0.05, 0.1) is 4.75 Å². The predicted octanol–water partition coefficient (Wildman–Crippen LogP) is 0.410. The van der Waals surface area contributed by atoms with Crippen LogP contribution in [0.3, 0.4) is 0 Å². The Labute approximate surface area is 110 Å². The molecule has 1 heterocycles. The van der Waals surface area contributed by atoms with Gasteiger partial charge in [0, 0.05) is 38.9 Å². The highest BCUT2D eigenvalue weighted by Gasteiger charge is 2.31. The van der Waals surface area contributed by atoms with Gasteiger partial charge in [0.2, 0.25) is 5.91 Å². The number of hydrogen-bond donors (Lipinski definition) is 1. The maximum absolute atomic E-state index is 11.6. The number of carbonyl (C=O) groups excluding carboxylic acids is 1. The lowest BCUT2D eigenvalue weighted by molar-refractivity contribution is -0.129. The lowest BCUT2D eigenvalue weighted by atomic mass is 10.0. The van der Waals surface area contributed by atoms with Crippen LogP contribution in [0.2, 0.25) is 0 Å². The van der Waals surface area contributed by atoms with Gasteiger partial charge in [-0.3, -0.25) is 4.79 Å². The molecule has 5 nitrogen and oxygen atoms in total. The molecule has 0 saturated carbocycles. The zero-order chi connectivity index (χ0) is 14.0. The van der Waals surface area contributed by atoms with Crippen molar-refractivity contribution in [2.45, 2.75) is 44.4 Å². The van der Waals surface area contributed by atoms with Gasteiger partial charge in [-0.15, -0.1) is 0 Å². The second-order valence-electron chi connectivity index (χ2n) is 5.69. The first kappa shape index (κ1) is 15.4. The fourth-order valence-electron chi connectivity index (χ4n) is 1.92. The molecule has 0 aromatic carbocycles.